The molecule has 2 rings (SSSR count). The van der Waals surface area contributed by atoms with Crippen molar-refractivity contribution in [1.82, 2.24) is 4.98 Å². The van der Waals surface area contributed by atoms with Crippen molar-refractivity contribution in [1.29, 1.82) is 0 Å². The molecule has 22 heavy (non-hydrogen) atoms. The zero-order valence-corrected chi connectivity index (χ0v) is 13.4. The molecule has 1 aromatic carbocycles. The quantitative estimate of drug-likeness (QED) is 0.624. The molecule has 1 heterocycles. The van der Waals surface area contributed by atoms with E-state index in [0.29, 0.717) is 21.9 Å². The molecule has 0 spiro atoms. The van der Waals surface area contributed by atoms with Gasteiger partial charge in [0, 0.05) is 5.02 Å². The zero-order chi connectivity index (χ0) is 16.5. The van der Waals surface area contributed by atoms with Crippen LogP contribution >= 0.6 is 22.9 Å². The number of halogens is 1. The smallest absolute Gasteiger partial charge is 0.378 e. The van der Waals surface area contributed by atoms with Gasteiger partial charge in [-0.3, -0.25) is 9.52 Å². The molecule has 0 aliphatic carbocycles. The van der Waals surface area contributed by atoms with E-state index in [1.807, 2.05) is 0 Å². The Kier molecular flexibility index (Phi) is 4.50. The minimum Gasteiger partial charge on any atom is -0.475 e. The number of ketones is 1. The van der Waals surface area contributed by atoms with Crippen LogP contribution in [0.1, 0.15) is 15.2 Å². The highest BCUT2D eigenvalue weighted by atomic mass is 35.5. The molecule has 0 saturated heterocycles. The zero-order valence-electron chi connectivity index (χ0n) is 11.0. The number of carboxylic acid groups (broad SMARTS) is 1. The van der Waals surface area contributed by atoms with Crippen LogP contribution in [0.5, 0.6) is 0 Å². The minimum atomic E-state index is -3.94. The molecule has 0 amide bonds. The van der Waals surface area contributed by atoms with E-state index < -0.39 is 21.8 Å². The number of carbonyl (C=O) groups excluding carboxylic acids is 1. The van der Waals surface area contributed by atoms with Gasteiger partial charge in [-0.2, -0.15) is 0 Å². The average molecular weight is 361 g/mol. The number of thiazole rings is 1. The Morgan fingerprint density at radius 2 is 2.05 bits per heavy atom. The first-order valence-electron chi connectivity index (χ1n) is 5.74. The summed E-state index contributed by atoms with van der Waals surface area (Å²) in [5.74, 6) is -2.79. The van der Waals surface area contributed by atoms with Gasteiger partial charge in [-0.1, -0.05) is 29.0 Å². The number of rotatable bonds is 5. The highest BCUT2D eigenvalue weighted by Gasteiger charge is 2.22. The van der Waals surface area contributed by atoms with Gasteiger partial charge in [-0.05, 0) is 24.6 Å². The fourth-order valence-electron chi connectivity index (χ4n) is 1.58. The first-order valence-corrected chi connectivity index (χ1v) is 8.41. The Morgan fingerprint density at radius 3 is 2.68 bits per heavy atom. The van der Waals surface area contributed by atoms with E-state index in [4.69, 9.17) is 16.7 Å². The van der Waals surface area contributed by atoms with Gasteiger partial charge in [0.15, 0.2) is 5.13 Å². The molecule has 0 unspecified atom stereocenters. The maximum absolute atomic E-state index is 12.3. The Labute approximate surface area is 134 Å². The number of nitrogens with one attached hydrogen (secondary N) is 1. The molecule has 0 radical (unpaired) electrons. The third-order valence-corrected chi connectivity index (χ3v) is 5.59. The molecule has 2 aromatic rings. The number of nitrogens with zero attached hydrogens (tertiary/aromatic N) is 1. The summed E-state index contributed by atoms with van der Waals surface area (Å²) in [5.41, 5.74) is 0.370. The molecule has 2 N–H and O–H groups in total. The summed E-state index contributed by atoms with van der Waals surface area (Å²) in [5, 5.41) is 8.79. The van der Waals surface area contributed by atoms with Crippen LogP contribution in [-0.4, -0.2) is 30.3 Å². The Bertz CT molecular complexity index is 860. The number of hydrogen-bond donors (Lipinski definition) is 2. The van der Waals surface area contributed by atoms with Crippen molar-refractivity contribution in [3.63, 3.8) is 0 Å². The fraction of sp³-hybridized carbons (Fsp3) is 0.0833. The molecular formula is C12H9ClN2O5S2. The SMILES string of the molecule is Cc1c(Cl)cccc1S(=O)(=O)Nc1ncc(C(=O)C(=O)O)s1. The van der Waals surface area contributed by atoms with Gasteiger partial charge in [0.1, 0.15) is 4.88 Å². The molecular weight excluding hydrogens is 352 g/mol. The second-order valence-electron chi connectivity index (χ2n) is 4.13. The van der Waals surface area contributed by atoms with Gasteiger partial charge in [0.2, 0.25) is 0 Å². The number of carboxylic acids is 1. The monoisotopic (exact) mass is 360 g/mol. The Hall–Kier alpha value is -1.97. The lowest BCUT2D eigenvalue weighted by Gasteiger charge is -2.08. The van der Waals surface area contributed by atoms with Gasteiger partial charge in [0.25, 0.3) is 15.8 Å². The molecule has 0 bridgehead atoms. The predicted octanol–water partition coefficient (Wildman–Crippen LogP) is 2.17. The van der Waals surface area contributed by atoms with Crippen molar-refractivity contribution in [3.8, 4) is 0 Å². The van der Waals surface area contributed by atoms with Crippen LogP contribution in [0.3, 0.4) is 0 Å². The second-order valence-corrected chi connectivity index (χ2v) is 7.22. The van der Waals surface area contributed by atoms with Gasteiger partial charge >= 0.3 is 5.97 Å². The fourth-order valence-corrected chi connectivity index (χ4v) is 4.07. The van der Waals surface area contributed by atoms with Crippen molar-refractivity contribution in [2.45, 2.75) is 11.8 Å². The van der Waals surface area contributed by atoms with Gasteiger partial charge < -0.3 is 5.11 Å². The lowest BCUT2D eigenvalue weighted by atomic mass is 10.2. The average Bonchev–Trinajstić information content (AvgIpc) is 2.88. The molecule has 10 heteroatoms. The maximum Gasteiger partial charge on any atom is 0.378 e. The summed E-state index contributed by atoms with van der Waals surface area (Å²) in [4.78, 5) is 25.3. The van der Waals surface area contributed by atoms with Crippen molar-refractivity contribution in [3.05, 3.63) is 39.9 Å². The number of hydrogen-bond acceptors (Lipinski definition) is 6. The van der Waals surface area contributed by atoms with Crippen LogP contribution in [0.4, 0.5) is 5.13 Å². The van der Waals surface area contributed by atoms with Crippen LogP contribution in [-0.2, 0) is 14.8 Å². The Balaban J connectivity index is 2.32. The van der Waals surface area contributed by atoms with Crippen LogP contribution in [0.25, 0.3) is 0 Å². The minimum absolute atomic E-state index is 0.0266. The van der Waals surface area contributed by atoms with Crippen LogP contribution in [0.2, 0.25) is 5.02 Å². The summed E-state index contributed by atoms with van der Waals surface area (Å²) in [6.45, 7) is 1.55. The van der Waals surface area contributed by atoms with E-state index in [2.05, 4.69) is 9.71 Å². The van der Waals surface area contributed by atoms with Gasteiger partial charge in [-0.15, -0.1) is 0 Å². The first kappa shape index (κ1) is 16.4. The number of sulfonamides is 1. The van der Waals surface area contributed by atoms with Crippen LogP contribution < -0.4 is 4.72 Å². The largest absolute Gasteiger partial charge is 0.475 e. The summed E-state index contributed by atoms with van der Waals surface area (Å²) >= 11 is 6.52. The van der Waals surface area contributed by atoms with Crippen molar-refractivity contribution < 1.29 is 23.1 Å². The lowest BCUT2D eigenvalue weighted by Crippen LogP contribution is -2.14. The summed E-state index contributed by atoms with van der Waals surface area (Å²) in [6.07, 6.45) is 1.00. The maximum atomic E-state index is 12.3. The third-order valence-electron chi connectivity index (χ3n) is 2.65. The van der Waals surface area contributed by atoms with E-state index in [1.165, 1.54) is 12.1 Å². The Morgan fingerprint density at radius 1 is 1.36 bits per heavy atom. The van der Waals surface area contributed by atoms with Gasteiger partial charge in [0.05, 0.1) is 11.1 Å². The summed E-state index contributed by atoms with van der Waals surface area (Å²) < 4.78 is 26.8. The van der Waals surface area contributed by atoms with Crippen molar-refractivity contribution in [2.24, 2.45) is 0 Å². The first-order chi connectivity index (χ1) is 10.2. The molecule has 1 aromatic heterocycles. The van der Waals surface area contributed by atoms with E-state index >= 15 is 0 Å². The molecule has 0 fully saturated rings. The highest BCUT2D eigenvalue weighted by Crippen LogP contribution is 2.26. The molecule has 0 aliphatic rings. The van der Waals surface area contributed by atoms with E-state index in [-0.39, 0.29) is 14.9 Å². The summed E-state index contributed by atoms with van der Waals surface area (Å²) in [7, 11) is -3.94. The number of anilines is 1. The standard InChI is InChI=1S/C12H9ClN2O5S2/c1-6-7(13)3-2-4-9(6)22(19,20)15-12-14-5-8(21-12)10(16)11(17)18/h2-5H,1H3,(H,14,15)(H,17,18). The topological polar surface area (TPSA) is 113 Å². The molecule has 0 aliphatic heterocycles. The van der Waals surface area contributed by atoms with Gasteiger partial charge in [-0.25, -0.2) is 18.2 Å². The number of aromatic nitrogens is 1. The number of carbonyl (C=O) groups is 2. The predicted molar refractivity (Wildman–Crippen MR) is 81.1 cm³/mol. The van der Waals surface area contributed by atoms with E-state index in [9.17, 15) is 18.0 Å². The second kappa shape index (κ2) is 6.03. The molecule has 0 saturated carbocycles. The number of benzene rings is 1. The number of Topliss-reactive ketones (excluding diaryl/α,β-unsaturated/α-hetero) is 1. The van der Waals surface area contributed by atoms with E-state index in [1.54, 1.807) is 13.0 Å². The lowest BCUT2D eigenvalue weighted by molar-refractivity contribution is -0.131. The number of aliphatic carboxylic acids is 1. The van der Waals surface area contributed by atoms with Crippen LogP contribution in [0, 0.1) is 6.92 Å². The highest BCUT2D eigenvalue weighted by molar-refractivity contribution is 7.93. The van der Waals surface area contributed by atoms with Crippen molar-refractivity contribution >= 4 is 49.8 Å². The molecule has 116 valence electrons. The normalized spacial score (nSPS) is 11.2. The molecule has 0 atom stereocenters. The molecule has 7 nitrogen and oxygen atoms in total. The summed E-state index contributed by atoms with van der Waals surface area (Å²) in [6, 6.07) is 4.43. The van der Waals surface area contributed by atoms with Crippen molar-refractivity contribution in [2.75, 3.05) is 4.72 Å². The third kappa shape index (κ3) is 3.26. The van der Waals surface area contributed by atoms with E-state index in [0.717, 1.165) is 6.20 Å². The van der Waals surface area contributed by atoms with Crippen LogP contribution in [0.15, 0.2) is 29.3 Å².